The van der Waals surface area contributed by atoms with Crippen LogP contribution in [0.4, 0.5) is 5.82 Å². The Hall–Kier alpha value is -1.07. The van der Waals surface area contributed by atoms with Crippen LogP contribution in [-0.4, -0.2) is 40.0 Å². The molecule has 96 valence electrons. The Kier molecular flexibility index (Phi) is 3.26. The highest BCUT2D eigenvalue weighted by atomic mass is 79.9. The first-order valence-electron chi connectivity index (χ1n) is 6.16. The van der Waals surface area contributed by atoms with E-state index in [9.17, 15) is 0 Å². The number of hydrogen-bond donors (Lipinski definition) is 0. The zero-order valence-electron chi connectivity index (χ0n) is 10.3. The van der Waals surface area contributed by atoms with Crippen molar-refractivity contribution in [3.8, 4) is 0 Å². The van der Waals surface area contributed by atoms with Crippen LogP contribution in [0.15, 0.2) is 30.6 Å². The molecular formula is C13H16BrN3O. The van der Waals surface area contributed by atoms with E-state index in [1.807, 2.05) is 18.5 Å². The number of halogens is 1. The number of imidazole rings is 1. The highest BCUT2D eigenvalue weighted by molar-refractivity contribution is 9.09. The number of aromatic nitrogens is 2. The highest BCUT2D eigenvalue weighted by Crippen LogP contribution is 2.22. The standard InChI is InChI=1S/C13H16BrN3O/c1-10-8-16(9-11(7-14)18-10)13-4-2-3-12-15-5-6-17(12)13/h2-6,10-11H,7-9H2,1H3. The summed E-state index contributed by atoms with van der Waals surface area (Å²) in [6.07, 6.45) is 4.34. The number of fused-ring (bicyclic) bond motifs is 1. The van der Waals surface area contributed by atoms with Gasteiger partial charge in [0.1, 0.15) is 11.5 Å². The van der Waals surface area contributed by atoms with Crippen LogP contribution in [0, 0.1) is 0 Å². The molecule has 1 aliphatic rings. The van der Waals surface area contributed by atoms with Crippen molar-refractivity contribution < 1.29 is 4.74 Å². The fraction of sp³-hybridized carbons (Fsp3) is 0.462. The zero-order chi connectivity index (χ0) is 12.5. The lowest BCUT2D eigenvalue weighted by molar-refractivity contribution is -0.00229. The molecule has 0 amide bonds. The summed E-state index contributed by atoms with van der Waals surface area (Å²) in [5.41, 5.74) is 0.988. The van der Waals surface area contributed by atoms with Crippen molar-refractivity contribution in [3.05, 3.63) is 30.6 Å². The van der Waals surface area contributed by atoms with Gasteiger partial charge in [-0.05, 0) is 19.1 Å². The average molecular weight is 310 g/mol. The minimum absolute atomic E-state index is 0.243. The smallest absolute Gasteiger partial charge is 0.138 e. The molecule has 3 heterocycles. The van der Waals surface area contributed by atoms with Crippen LogP contribution in [0.2, 0.25) is 0 Å². The number of ether oxygens (including phenoxy) is 1. The molecule has 0 radical (unpaired) electrons. The van der Waals surface area contributed by atoms with E-state index in [2.05, 4.69) is 49.3 Å². The second kappa shape index (κ2) is 4.90. The third kappa shape index (κ3) is 2.12. The monoisotopic (exact) mass is 309 g/mol. The van der Waals surface area contributed by atoms with Gasteiger partial charge in [-0.3, -0.25) is 4.40 Å². The van der Waals surface area contributed by atoms with Crippen LogP contribution >= 0.6 is 15.9 Å². The normalized spacial score (nSPS) is 24.7. The van der Waals surface area contributed by atoms with E-state index in [4.69, 9.17) is 4.74 Å². The van der Waals surface area contributed by atoms with E-state index >= 15 is 0 Å². The topological polar surface area (TPSA) is 29.8 Å². The Labute approximate surface area is 115 Å². The maximum Gasteiger partial charge on any atom is 0.138 e. The van der Waals surface area contributed by atoms with E-state index < -0.39 is 0 Å². The summed E-state index contributed by atoms with van der Waals surface area (Å²) in [6, 6.07) is 6.22. The number of rotatable bonds is 2. The first kappa shape index (κ1) is 12.0. The summed E-state index contributed by atoms with van der Waals surface area (Å²) in [4.78, 5) is 6.70. The second-order valence-electron chi connectivity index (χ2n) is 4.67. The first-order chi connectivity index (χ1) is 8.78. The first-order valence-corrected chi connectivity index (χ1v) is 7.28. The minimum atomic E-state index is 0.243. The van der Waals surface area contributed by atoms with Crippen molar-refractivity contribution in [2.24, 2.45) is 0 Å². The molecule has 4 nitrogen and oxygen atoms in total. The van der Waals surface area contributed by atoms with Gasteiger partial charge in [0.2, 0.25) is 0 Å². The van der Waals surface area contributed by atoms with Crippen molar-refractivity contribution in [1.29, 1.82) is 0 Å². The molecule has 0 saturated carbocycles. The summed E-state index contributed by atoms with van der Waals surface area (Å²) in [7, 11) is 0. The number of hydrogen-bond acceptors (Lipinski definition) is 3. The van der Waals surface area contributed by atoms with Gasteiger partial charge in [-0.25, -0.2) is 4.98 Å². The largest absolute Gasteiger partial charge is 0.371 e. The summed E-state index contributed by atoms with van der Waals surface area (Å²) < 4.78 is 8.00. The lowest BCUT2D eigenvalue weighted by Gasteiger charge is -2.37. The van der Waals surface area contributed by atoms with Crippen LogP contribution in [0.25, 0.3) is 5.65 Å². The van der Waals surface area contributed by atoms with Crippen molar-refractivity contribution in [2.45, 2.75) is 19.1 Å². The molecule has 5 heteroatoms. The van der Waals surface area contributed by atoms with Crippen LogP contribution in [0.5, 0.6) is 0 Å². The Bertz CT molecular complexity index is 542. The third-order valence-electron chi connectivity index (χ3n) is 3.23. The maximum atomic E-state index is 5.87. The predicted molar refractivity (Wildman–Crippen MR) is 75.5 cm³/mol. The molecule has 18 heavy (non-hydrogen) atoms. The average Bonchev–Trinajstić information content (AvgIpc) is 2.85. The molecule has 2 unspecified atom stereocenters. The Morgan fingerprint density at radius 3 is 3.17 bits per heavy atom. The van der Waals surface area contributed by atoms with E-state index in [1.165, 1.54) is 5.82 Å². The lowest BCUT2D eigenvalue weighted by Crippen LogP contribution is -2.47. The number of nitrogens with zero attached hydrogens (tertiary/aromatic N) is 3. The Morgan fingerprint density at radius 2 is 2.33 bits per heavy atom. The number of anilines is 1. The third-order valence-corrected chi connectivity index (χ3v) is 3.95. The van der Waals surface area contributed by atoms with Crippen molar-refractivity contribution >= 4 is 27.4 Å². The number of pyridine rings is 1. The van der Waals surface area contributed by atoms with Crippen molar-refractivity contribution in [3.63, 3.8) is 0 Å². The SMILES string of the molecule is CC1CN(c2cccc3nccn23)CC(CBr)O1. The van der Waals surface area contributed by atoms with Gasteiger partial charge in [0.15, 0.2) is 0 Å². The number of alkyl halides is 1. The summed E-state index contributed by atoms with van der Waals surface area (Å²) in [5, 5.41) is 0.869. The van der Waals surface area contributed by atoms with Crippen molar-refractivity contribution in [2.75, 3.05) is 23.3 Å². The Morgan fingerprint density at radius 1 is 1.44 bits per heavy atom. The van der Waals surface area contributed by atoms with Gasteiger partial charge in [0.05, 0.1) is 12.2 Å². The van der Waals surface area contributed by atoms with E-state index in [0.717, 1.165) is 24.1 Å². The van der Waals surface area contributed by atoms with Gasteiger partial charge in [0, 0.05) is 30.8 Å². The van der Waals surface area contributed by atoms with E-state index in [-0.39, 0.29) is 12.2 Å². The van der Waals surface area contributed by atoms with Gasteiger partial charge < -0.3 is 9.64 Å². The molecule has 0 N–H and O–H groups in total. The summed E-state index contributed by atoms with van der Waals surface area (Å²) >= 11 is 3.51. The molecule has 0 aliphatic carbocycles. The van der Waals surface area contributed by atoms with E-state index in [0.29, 0.717) is 0 Å². The lowest BCUT2D eigenvalue weighted by atomic mass is 10.2. The number of morpholine rings is 1. The van der Waals surface area contributed by atoms with Gasteiger partial charge in [-0.1, -0.05) is 22.0 Å². The summed E-state index contributed by atoms with van der Waals surface area (Å²) in [6.45, 7) is 3.95. The fourth-order valence-electron chi connectivity index (χ4n) is 2.51. The van der Waals surface area contributed by atoms with Gasteiger partial charge in [-0.2, -0.15) is 0 Å². The molecule has 0 spiro atoms. The minimum Gasteiger partial charge on any atom is -0.371 e. The van der Waals surface area contributed by atoms with Gasteiger partial charge in [-0.15, -0.1) is 0 Å². The molecular weight excluding hydrogens is 294 g/mol. The molecule has 3 rings (SSSR count). The van der Waals surface area contributed by atoms with Crippen LogP contribution in [0.3, 0.4) is 0 Å². The molecule has 2 atom stereocenters. The van der Waals surface area contributed by atoms with Crippen LogP contribution < -0.4 is 4.90 Å². The fourth-order valence-corrected chi connectivity index (χ4v) is 2.87. The highest BCUT2D eigenvalue weighted by Gasteiger charge is 2.25. The zero-order valence-corrected chi connectivity index (χ0v) is 11.9. The molecule has 2 aromatic rings. The van der Waals surface area contributed by atoms with Gasteiger partial charge >= 0.3 is 0 Å². The molecule has 1 fully saturated rings. The quantitative estimate of drug-likeness (QED) is 0.798. The molecule has 0 aromatic carbocycles. The molecule has 2 aromatic heterocycles. The van der Waals surface area contributed by atoms with Crippen molar-refractivity contribution in [1.82, 2.24) is 9.38 Å². The Balaban J connectivity index is 1.96. The molecule has 0 bridgehead atoms. The van der Waals surface area contributed by atoms with Crippen LogP contribution in [0.1, 0.15) is 6.92 Å². The maximum absolute atomic E-state index is 5.87. The molecule has 1 aliphatic heterocycles. The predicted octanol–water partition coefficient (Wildman–Crippen LogP) is 2.32. The van der Waals surface area contributed by atoms with E-state index in [1.54, 1.807) is 0 Å². The molecule has 1 saturated heterocycles. The van der Waals surface area contributed by atoms with Crippen LogP contribution in [-0.2, 0) is 4.74 Å². The second-order valence-corrected chi connectivity index (χ2v) is 5.31. The van der Waals surface area contributed by atoms with Gasteiger partial charge in [0.25, 0.3) is 0 Å². The summed E-state index contributed by atoms with van der Waals surface area (Å²) in [5.74, 6) is 1.19.